The quantitative estimate of drug-likeness (QED) is 0.499. The minimum Gasteiger partial charge on any atom is -0.493 e. The van der Waals surface area contributed by atoms with Crippen molar-refractivity contribution < 1.29 is 19.0 Å². The molecule has 0 heterocycles. The van der Waals surface area contributed by atoms with E-state index in [1.54, 1.807) is 39.5 Å². The van der Waals surface area contributed by atoms with E-state index in [1.807, 2.05) is 6.92 Å². The fraction of sp³-hybridized carbons (Fsp3) is 0.467. The molecular weight excluding hydrogens is 318 g/mol. The van der Waals surface area contributed by atoms with Gasteiger partial charge in [-0.3, -0.25) is 15.6 Å². The Morgan fingerprint density at radius 2 is 1.87 bits per heavy atom. The maximum absolute atomic E-state index is 11.9. The lowest BCUT2D eigenvalue weighted by Crippen LogP contribution is -2.50. The Morgan fingerprint density at radius 3 is 2.48 bits per heavy atom. The first-order valence-corrected chi connectivity index (χ1v) is 7.46. The van der Waals surface area contributed by atoms with Crippen LogP contribution in [0.2, 0.25) is 0 Å². The van der Waals surface area contributed by atoms with Crippen LogP contribution in [0, 0.1) is 0 Å². The third-order valence-corrected chi connectivity index (χ3v) is 3.14. The van der Waals surface area contributed by atoms with Gasteiger partial charge in [0.05, 0.1) is 27.2 Å². The third-order valence-electron chi connectivity index (χ3n) is 2.92. The second-order valence-corrected chi connectivity index (χ2v) is 5.28. The number of methoxy groups -OCH3 is 3. The minimum atomic E-state index is -0.222. The van der Waals surface area contributed by atoms with Gasteiger partial charge in [0.2, 0.25) is 5.91 Å². The molecule has 0 saturated carbocycles. The van der Waals surface area contributed by atoms with Crippen LogP contribution >= 0.6 is 12.2 Å². The molecule has 8 heteroatoms. The number of carbonyl (C=O) groups is 1. The van der Waals surface area contributed by atoms with Crippen molar-refractivity contribution in [2.75, 3.05) is 27.9 Å². The van der Waals surface area contributed by atoms with Crippen LogP contribution in [-0.4, -0.2) is 45.0 Å². The van der Waals surface area contributed by atoms with Crippen molar-refractivity contribution in [3.8, 4) is 11.5 Å². The Hall–Kier alpha value is -2.06. The van der Waals surface area contributed by atoms with Gasteiger partial charge in [0.15, 0.2) is 16.6 Å². The number of thiocarbonyl (C=S) groups is 1. The molecule has 0 bridgehead atoms. The van der Waals surface area contributed by atoms with Gasteiger partial charge in [-0.1, -0.05) is 6.07 Å². The van der Waals surface area contributed by atoms with Gasteiger partial charge < -0.3 is 19.5 Å². The number of nitrogens with one attached hydrogen (secondary N) is 3. The van der Waals surface area contributed by atoms with Crippen LogP contribution in [0.25, 0.3) is 0 Å². The molecule has 0 spiro atoms. The third kappa shape index (κ3) is 6.70. The van der Waals surface area contributed by atoms with E-state index in [4.69, 9.17) is 26.4 Å². The van der Waals surface area contributed by atoms with Gasteiger partial charge in [0.1, 0.15) is 0 Å². The first-order chi connectivity index (χ1) is 11.0. The average molecular weight is 341 g/mol. The van der Waals surface area contributed by atoms with E-state index in [-0.39, 0.29) is 18.4 Å². The van der Waals surface area contributed by atoms with Crippen molar-refractivity contribution in [2.24, 2.45) is 0 Å². The van der Waals surface area contributed by atoms with Crippen molar-refractivity contribution in [3.63, 3.8) is 0 Å². The maximum atomic E-state index is 11.9. The van der Waals surface area contributed by atoms with E-state index >= 15 is 0 Å². The van der Waals surface area contributed by atoms with Crippen molar-refractivity contribution >= 4 is 23.2 Å². The molecule has 0 radical (unpaired) electrons. The fourth-order valence-electron chi connectivity index (χ4n) is 1.90. The topological polar surface area (TPSA) is 80.9 Å². The minimum absolute atomic E-state index is 0.0442. The standard InChI is InChI=1S/C15H23N3O4S/c1-10(9-20-2)16-15(23)18-17-14(19)8-11-5-6-12(21-3)13(7-11)22-4/h5-7,10H,8-9H2,1-4H3,(H,17,19)(H2,16,18,23)/t10-/m1/s1. The summed E-state index contributed by atoms with van der Waals surface area (Å²) in [5.74, 6) is 0.976. The van der Waals surface area contributed by atoms with Gasteiger partial charge in [-0.15, -0.1) is 0 Å². The van der Waals surface area contributed by atoms with Crippen molar-refractivity contribution in [1.82, 2.24) is 16.2 Å². The van der Waals surface area contributed by atoms with Crippen molar-refractivity contribution in [2.45, 2.75) is 19.4 Å². The van der Waals surface area contributed by atoms with Gasteiger partial charge in [-0.25, -0.2) is 0 Å². The maximum Gasteiger partial charge on any atom is 0.242 e. The number of rotatable bonds is 7. The van der Waals surface area contributed by atoms with Gasteiger partial charge in [0, 0.05) is 13.2 Å². The summed E-state index contributed by atoms with van der Waals surface area (Å²) < 4.78 is 15.4. The predicted molar refractivity (Wildman–Crippen MR) is 91.6 cm³/mol. The molecular formula is C15H23N3O4S. The molecule has 0 aliphatic heterocycles. The van der Waals surface area contributed by atoms with Crippen LogP contribution in [0.4, 0.5) is 0 Å². The number of carbonyl (C=O) groups excluding carboxylic acids is 1. The lowest BCUT2D eigenvalue weighted by molar-refractivity contribution is -0.121. The van der Waals surface area contributed by atoms with Crippen LogP contribution in [-0.2, 0) is 16.0 Å². The summed E-state index contributed by atoms with van der Waals surface area (Å²) in [6.07, 6.45) is 0.184. The summed E-state index contributed by atoms with van der Waals surface area (Å²) in [4.78, 5) is 11.9. The Balaban J connectivity index is 2.46. The summed E-state index contributed by atoms with van der Waals surface area (Å²) in [5.41, 5.74) is 5.99. The fourth-order valence-corrected chi connectivity index (χ4v) is 2.15. The molecule has 0 aromatic heterocycles. The molecule has 1 atom stereocenters. The Kier molecular flexibility index (Phi) is 8.14. The van der Waals surface area contributed by atoms with E-state index in [0.29, 0.717) is 23.2 Å². The summed E-state index contributed by atoms with van der Waals surface area (Å²) >= 11 is 5.07. The Bertz CT molecular complexity index is 539. The van der Waals surface area contributed by atoms with Gasteiger partial charge in [-0.05, 0) is 36.8 Å². The highest BCUT2D eigenvalue weighted by atomic mass is 32.1. The number of benzene rings is 1. The Labute approximate surface area is 141 Å². The molecule has 1 amide bonds. The summed E-state index contributed by atoms with van der Waals surface area (Å²) in [6.45, 7) is 2.43. The molecule has 0 aliphatic rings. The molecule has 23 heavy (non-hydrogen) atoms. The zero-order valence-corrected chi connectivity index (χ0v) is 14.6. The highest BCUT2D eigenvalue weighted by Gasteiger charge is 2.09. The van der Waals surface area contributed by atoms with Crippen LogP contribution in [0.15, 0.2) is 18.2 Å². The van der Waals surface area contributed by atoms with Crippen LogP contribution in [0.3, 0.4) is 0 Å². The number of hydrogen-bond donors (Lipinski definition) is 3. The number of hydrogen-bond acceptors (Lipinski definition) is 5. The van der Waals surface area contributed by atoms with Crippen LogP contribution in [0.1, 0.15) is 12.5 Å². The SMILES string of the molecule is COC[C@@H](C)NC(=S)NNC(=O)Cc1ccc(OC)c(OC)c1. The van der Waals surface area contributed by atoms with Crippen molar-refractivity contribution in [3.05, 3.63) is 23.8 Å². The molecule has 0 aliphatic carbocycles. The van der Waals surface area contributed by atoms with Crippen LogP contribution < -0.4 is 25.6 Å². The zero-order valence-electron chi connectivity index (χ0n) is 13.8. The van der Waals surface area contributed by atoms with E-state index in [1.165, 1.54) is 0 Å². The lowest BCUT2D eigenvalue weighted by Gasteiger charge is -2.16. The summed E-state index contributed by atoms with van der Waals surface area (Å²) in [7, 11) is 4.72. The lowest BCUT2D eigenvalue weighted by atomic mass is 10.1. The molecule has 1 rings (SSSR count). The normalized spacial score (nSPS) is 11.3. The molecule has 0 fully saturated rings. The van der Waals surface area contributed by atoms with Gasteiger partial charge in [0.25, 0.3) is 0 Å². The number of hydrazine groups is 1. The first kappa shape index (κ1) is 19.0. The molecule has 1 aromatic rings. The zero-order chi connectivity index (χ0) is 17.2. The average Bonchev–Trinajstić information content (AvgIpc) is 2.53. The number of ether oxygens (including phenoxy) is 3. The second-order valence-electron chi connectivity index (χ2n) is 4.87. The predicted octanol–water partition coefficient (Wildman–Crippen LogP) is 0.777. The smallest absolute Gasteiger partial charge is 0.242 e. The van der Waals surface area contributed by atoms with Crippen LogP contribution in [0.5, 0.6) is 11.5 Å². The number of amides is 1. The second kappa shape index (κ2) is 9.86. The molecule has 0 saturated heterocycles. The molecule has 128 valence electrons. The summed E-state index contributed by atoms with van der Waals surface area (Å²) in [6, 6.07) is 5.36. The van der Waals surface area contributed by atoms with E-state index in [2.05, 4.69) is 16.2 Å². The summed E-state index contributed by atoms with van der Waals surface area (Å²) in [5, 5.41) is 3.31. The molecule has 1 aromatic carbocycles. The van der Waals surface area contributed by atoms with Gasteiger partial charge in [-0.2, -0.15) is 0 Å². The first-order valence-electron chi connectivity index (χ1n) is 7.05. The molecule has 0 unspecified atom stereocenters. The molecule has 7 nitrogen and oxygen atoms in total. The highest BCUT2D eigenvalue weighted by Crippen LogP contribution is 2.27. The monoisotopic (exact) mass is 341 g/mol. The van der Waals surface area contributed by atoms with E-state index < -0.39 is 0 Å². The van der Waals surface area contributed by atoms with E-state index in [9.17, 15) is 4.79 Å². The van der Waals surface area contributed by atoms with E-state index in [0.717, 1.165) is 5.56 Å². The van der Waals surface area contributed by atoms with Gasteiger partial charge >= 0.3 is 0 Å². The van der Waals surface area contributed by atoms with Crippen molar-refractivity contribution in [1.29, 1.82) is 0 Å². The largest absolute Gasteiger partial charge is 0.493 e. The molecule has 3 N–H and O–H groups in total. The Morgan fingerprint density at radius 1 is 1.17 bits per heavy atom. The highest BCUT2D eigenvalue weighted by molar-refractivity contribution is 7.80.